The summed E-state index contributed by atoms with van der Waals surface area (Å²) in [4.78, 5) is 16.9. The average molecular weight is 275 g/mol. The summed E-state index contributed by atoms with van der Waals surface area (Å²) in [6.45, 7) is 5.97. The maximum absolute atomic E-state index is 12.5. The zero-order chi connectivity index (χ0) is 13.7. The Bertz CT molecular complexity index is 534. The van der Waals surface area contributed by atoms with E-state index in [1.165, 1.54) is 12.8 Å². The summed E-state index contributed by atoms with van der Waals surface area (Å²) in [5, 5.41) is 8.82. The number of hydrogen-bond donors (Lipinski definition) is 0. The van der Waals surface area contributed by atoms with Gasteiger partial charge in [-0.3, -0.25) is 14.3 Å². The molecule has 4 heterocycles. The average Bonchev–Trinajstić information content (AvgIpc) is 3.16. The molecule has 4 rings (SSSR count). The SMILES string of the molecule is C[C@H]1C(=O)N2CCC[C@H]2c2nnc(CN3CCCC3)n21. The summed E-state index contributed by atoms with van der Waals surface area (Å²) in [6, 6.07) is 0.0190. The van der Waals surface area contributed by atoms with E-state index in [4.69, 9.17) is 0 Å². The fourth-order valence-corrected chi connectivity index (χ4v) is 3.88. The van der Waals surface area contributed by atoms with E-state index in [9.17, 15) is 4.79 Å². The van der Waals surface area contributed by atoms with Crippen LogP contribution in [0.1, 0.15) is 56.3 Å². The van der Waals surface area contributed by atoms with Crippen molar-refractivity contribution in [1.82, 2.24) is 24.6 Å². The molecule has 0 spiro atoms. The molecule has 6 heteroatoms. The summed E-state index contributed by atoms with van der Waals surface area (Å²) < 4.78 is 2.10. The zero-order valence-corrected chi connectivity index (χ0v) is 12.0. The first-order chi connectivity index (χ1) is 9.75. The first-order valence-corrected chi connectivity index (χ1v) is 7.72. The van der Waals surface area contributed by atoms with Crippen molar-refractivity contribution in [3.05, 3.63) is 11.6 Å². The number of fused-ring (bicyclic) bond motifs is 3. The molecule has 0 aliphatic carbocycles. The van der Waals surface area contributed by atoms with E-state index in [0.29, 0.717) is 0 Å². The lowest BCUT2D eigenvalue weighted by molar-refractivity contribution is -0.137. The lowest BCUT2D eigenvalue weighted by atomic mass is 10.1. The van der Waals surface area contributed by atoms with Crippen molar-refractivity contribution >= 4 is 5.91 Å². The van der Waals surface area contributed by atoms with Gasteiger partial charge >= 0.3 is 0 Å². The molecule has 0 bridgehead atoms. The number of carbonyl (C=O) groups excluding carboxylic acids is 1. The van der Waals surface area contributed by atoms with Crippen molar-refractivity contribution in [2.24, 2.45) is 0 Å². The number of hydrogen-bond acceptors (Lipinski definition) is 4. The maximum Gasteiger partial charge on any atom is 0.246 e. The molecule has 0 radical (unpaired) electrons. The molecule has 6 nitrogen and oxygen atoms in total. The van der Waals surface area contributed by atoms with Gasteiger partial charge in [0.1, 0.15) is 11.9 Å². The van der Waals surface area contributed by atoms with Gasteiger partial charge in [0.2, 0.25) is 5.91 Å². The minimum absolute atomic E-state index is 0.146. The van der Waals surface area contributed by atoms with Crippen LogP contribution in [0.5, 0.6) is 0 Å². The van der Waals surface area contributed by atoms with Crippen molar-refractivity contribution in [3.63, 3.8) is 0 Å². The van der Waals surface area contributed by atoms with Crippen LogP contribution < -0.4 is 0 Å². The molecule has 1 aromatic rings. The van der Waals surface area contributed by atoms with E-state index in [1.54, 1.807) is 0 Å². The molecule has 0 unspecified atom stereocenters. The van der Waals surface area contributed by atoms with Crippen LogP contribution in [-0.4, -0.2) is 50.1 Å². The summed E-state index contributed by atoms with van der Waals surface area (Å²) in [7, 11) is 0. The lowest BCUT2D eigenvalue weighted by Crippen LogP contribution is -2.42. The Morgan fingerprint density at radius 3 is 2.75 bits per heavy atom. The smallest absolute Gasteiger partial charge is 0.246 e. The summed E-state index contributed by atoms with van der Waals surface area (Å²) in [5.74, 6) is 2.21. The molecule has 0 saturated carbocycles. The van der Waals surface area contributed by atoms with Crippen LogP contribution in [0.2, 0.25) is 0 Å². The van der Waals surface area contributed by atoms with Crippen LogP contribution in [0, 0.1) is 0 Å². The summed E-state index contributed by atoms with van der Waals surface area (Å²) >= 11 is 0. The molecule has 3 aliphatic heterocycles. The summed E-state index contributed by atoms with van der Waals surface area (Å²) in [6.07, 6.45) is 4.65. The molecular formula is C14H21N5O. The van der Waals surface area contributed by atoms with Gasteiger partial charge < -0.3 is 4.90 Å². The standard InChI is InChI=1S/C14H21N5O/c1-10-14(20)18-8-4-5-11(18)13-16-15-12(19(10)13)9-17-6-2-3-7-17/h10-11H,2-9H2,1H3/t10-,11-/m0/s1. The van der Waals surface area contributed by atoms with Gasteiger partial charge in [-0.05, 0) is 45.7 Å². The van der Waals surface area contributed by atoms with Gasteiger partial charge in [0.25, 0.3) is 0 Å². The number of aromatic nitrogens is 3. The van der Waals surface area contributed by atoms with Gasteiger partial charge in [-0.25, -0.2) is 0 Å². The highest BCUT2D eigenvalue weighted by Gasteiger charge is 2.42. The van der Waals surface area contributed by atoms with Crippen LogP contribution in [0.4, 0.5) is 0 Å². The first kappa shape index (κ1) is 12.3. The molecule has 2 atom stereocenters. The Balaban J connectivity index is 1.69. The number of amides is 1. The van der Waals surface area contributed by atoms with E-state index in [2.05, 4.69) is 19.7 Å². The number of nitrogens with zero attached hydrogens (tertiary/aromatic N) is 5. The van der Waals surface area contributed by atoms with Crippen LogP contribution in [0.25, 0.3) is 0 Å². The molecule has 1 amide bonds. The Hall–Kier alpha value is -1.43. The number of carbonyl (C=O) groups is 1. The molecular weight excluding hydrogens is 254 g/mol. The molecule has 0 aromatic carbocycles. The molecule has 108 valence electrons. The van der Waals surface area contributed by atoms with Crippen molar-refractivity contribution in [1.29, 1.82) is 0 Å². The Kier molecular flexibility index (Phi) is 2.80. The van der Waals surface area contributed by atoms with Gasteiger partial charge in [-0.2, -0.15) is 0 Å². The minimum Gasteiger partial charge on any atom is -0.331 e. The second-order valence-corrected chi connectivity index (χ2v) is 6.19. The van der Waals surface area contributed by atoms with E-state index < -0.39 is 0 Å². The van der Waals surface area contributed by atoms with E-state index in [0.717, 1.165) is 50.7 Å². The van der Waals surface area contributed by atoms with E-state index >= 15 is 0 Å². The Labute approximate surface area is 118 Å². The third-order valence-corrected chi connectivity index (χ3v) is 4.94. The van der Waals surface area contributed by atoms with Crippen molar-refractivity contribution in [2.75, 3.05) is 19.6 Å². The Morgan fingerprint density at radius 2 is 1.95 bits per heavy atom. The quantitative estimate of drug-likeness (QED) is 0.811. The van der Waals surface area contributed by atoms with Crippen LogP contribution >= 0.6 is 0 Å². The lowest BCUT2D eigenvalue weighted by Gasteiger charge is -2.34. The largest absolute Gasteiger partial charge is 0.331 e. The van der Waals surface area contributed by atoms with Crippen LogP contribution in [0.3, 0.4) is 0 Å². The molecule has 0 N–H and O–H groups in total. The fourth-order valence-electron chi connectivity index (χ4n) is 3.88. The monoisotopic (exact) mass is 275 g/mol. The second kappa shape index (κ2) is 4.55. The normalized spacial score (nSPS) is 29.9. The highest BCUT2D eigenvalue weighted by atomic mass is 16.2. The first-order valence-electron chi connectivity index (χ1n) is 7.72. The van der Waals surface area contributed by atoms with E-state index in [-0.39, 0.29) is 18.0 Å². The summed E-state index contributed by atoms with van der Waals surface area (Å²) in [5.41, 5.74) is 0. The Morgan fingerprint density at radius 1 is 1.15 bits per heavy atom. The molecule has 2 fully saturated rings. The minimum atomic E-state index is -0.146. The fraction of sp³-hybridized carbons (Fsp3) is 0.786. The van der Waals surface area contributed by atoms with Gasteiger partial charge in [0, 0.05) is 6.54 Å². The van der Waals surface area contributed by atoms with Crippen molar-refractivity contribution in [3.8, 4) is 0 Å². The van der Waals surface area contributed by atoms with Crippen LogP contribution in [-0.2, 0) is 11.3 Å². The van der Waals surface area contributed by atoms with Crippen molar-refractivity contribution in [2.45, 2.75) is 51.2 Å². The third-order valence-electron chi connectivity index (χ3n) is 4.94. The van der Waals surface area contributed by atoms with Gasteiger partial charge in [-0.1, -0.05) is 0 Å². The highest BCUT2D eigenvalue weighted by Crippen LogP contribution is 2.38. The zero-order valence-electron chi connectivity index (χ0n) is 12.0. The third kappa shape index (κ3) is 1.70. The van der Waals surface area contributed by atoms with Gasteiger partial charge in [0.05, 0.1) is 12.6 Å². The van der Waals surface area contributed by atoms with Crippen molar-refractivity contribution < 1.29 is 4.79 Å². The van der Waals surface area contributed by atoms with E-state index in [1.807, 2.05) is 11.8 Å². The topological polar surface area (TPSA) is 54.3 Å². The highest BCUT2D eigenvalue weighted by molar-refractivity contribution is 5.82. The van der Waals surface area contributed by atoms with Gasteiger partial charge in [-0.15, -0.1) is 10.2 Å². The molecule has 20 heavy (non-hydrogen) atoms. The predicted molar refractivity (Wildman–Crippen MR) is 72.9 cm³/mol. The van der Waals surface area contributed by atoms with Gasteiger partial charge in [0.15, 0.2) is 5.82 Å². The number of likely N-dealkylation sites (tertiary alicyclic amines) is 1. The maximum atomic E-state index is 12.5. The van der Waals surface area contributed by atoms with Crippen LogP contribution in [0.15, 0.2) is 0 Å². The predicted octanol–water partition coefficient (Wildman–Crippen LogP) is 1.11. The number of rotatable bonds is 2. The second-order valence-electron chi connectivity index (χ2n) is 6.19. The molecule has 3 aliphatic rings. The molecule has 1 aromatic heterocycles. The molecule has 2 saturated heterocycles.